The smallest absolute Gasteiger partial charge is 0.255 e. The standard InChI is InChI=1S/C29H27FN4O2/c30-22-11-9-19(10-12-22)13-21(15-31-27(36)24-7-3-4-8-25(24)35)28-16-29(17-28,18-28)33-26-23-6-2-1-5-20(23)14-32-34-26/h1-12,14,21,35H,13,15-18H2,(H,31,36)(H,33,34). The van der Waals surface area contributed by atoms with E-state index < -0.39 is 0 Å². The Balaban J connectivity index is 1.18. The second kappa shape index (κ2) is 8.59. The van der Waals surface area contributed by atoms with Gasteiger partial charge < -0.3 is 15.7 Å². The third-order valence-corrected chi connectivity index (χ3v) is 7.94. The van der Waals surface area contributed by atoms with Gasteiger partial charge in [0.15, 0.2) is 5.82 Å². The summed E-state index contributed by atoms with van der Waals surface area (Å²) in [4.78, 5) is 12.8. The summed E-state index contributed by atoms with van der Waals surface area (Å²) in [7, 11) is 0. The lowest BCUT2D eigenvalue weighted by Gasteiger charge is -2.73. The van der Waals surface area contributed by atoms with Crippen molar-refractivity contribution < 1.29 is 14.3 Å². The monoisotopic (exact) mass is 482 g/mol. The molecule has 1 atom stereocenters. The number of amides is 1. The molecule has 1 heterocycles. The first-order valence-electron chi connectivity index (χ1n) is 12.2. The molecule has 3 saturated carbocycles. The summed E-state index contributed by atoms with van der Waals surface area (Å²) in [6.45, 7) is 0.481. The molecule has 4 aromatic rings. The van der Waals surface area contributed by atoms with Crippen LogP contribution in [0.25, 0.3) is 10.8 Å². The van der Waals surface area contributed by atoms with Crippen LogP contribution >= 0.6 is 0 Å². The summed E-state index contributed by atoms with van der Waals surface area (Å²) >= 11 is 0. The summed E-state index contributed by atoms with van der Waals surface area (Å²) in [6, 6.07) is 21.2. The minimum atomic E-state index is -0.289. The Morgan fingerprint density at radius 1 is 1.00 bits per heavy atom. The Kier molecular flexibility index (Phi) is 5.36. The summed E-state index contributed by atoms with van der Waals surface area (Å²) in [6.07, 6.45) is 5.44. The van der Waals surface area contributed by atoms with Gasteiger partial charge >= 0.3 is 0 Å². The van der Waals surface area contributed by atoms with Gasteiger partial charge in [0.25, 0.3) is 5.91 Å². The Morgan fingerprint density at radius 2 is 1.72 bits per heavy atom. The molecule has 0 aliphatic heterocycles. The molecule has 0 spiro atoms. The molecule has 3 aromatic carbocycles. The van der Waals surface area contributed by atoms with Crippen LogP contribution in [0, 0.1) is 17.2 Å². The van der Waals surface area contributed by atoms with Crippen molar-refractivity contribution in [2.24, 2.45) is 11.3 Å². The van der Waals surface area contributed by atoms with E-state index >= 15 is 0 Å². The highest BCUT2D eigenvalue weighted by Crippen LogP contribution is 2.72. The fourth-order valence-electron chi connectivity index (χ4n) is 6.19. The summed E-state index contributed by atoms with van der Waals surface area (Å²) < 4.78 is 13.5. The molecule has 3 N–H and O–H groups in total. The largest absolute Gasteiger partial charge is 0.507 e. The average molecular weight is 483 g/mol. The van der Waals surface area contributed by atoms with Crippen molar-refractivity contribution in [1.82, 2.24) is 15.5 Å². The van der Waals surface area contributed by atoms with Crippen LogP contribution in [0.3, 0.4) is 0 Å². The normalized spacial score (nSPS) is 22.8. The summed E-state index contributed by atoms with van der Waals surface area (Å²) in [5, 5.41) is 27.4. The minimum Gasteiger partial charge on any atom is -0.507 e. The number of halogens is 1. The van der Waals surface area contributed by atoms with E-state index in [4.69, 9.17) is 0 Å². The van der Waals surface area contributed by atoms with Crippen molar-refractivity contribution in [2.75, 3.05) is 11.9 Å². The van der Waals surface area contributed by atoms with E-state index in [-0.39, 0.29) is 39.9 Å². The molecule has 36 heavy (non-hydrogen) atoms. The van der Waals surface area contributed by atoms with Crippen LogP contribution in [0.4, 0.5) is 10.2 Å². The average Bonchev–Trinajstić information content (AvgIpc) is 2.84. The van der Waals surface area contributed by atoms with E-state index in [0.29, 0.717) is 6.54 Å². The Hall–Kier alpha value is -4.00. The molecular formula is C29H27FN4O2. The highest BCUT2D eigenvalue weighted by Gasteiger charge is 2.70. The van der Waals surface area contributed by atoms with Gasteiger partial charge in [0, 0.05) is 22.9 Å². The Bertz CT molecular complexity index is 1410. The van der Waals surface area contributed by atoms with Crippen LogP contribution < -0.4 is 10.6 Å². The van der Waals surface area contributed by atoms with E-state index in [9.17, 15) is 14.3 Å². The predicted molar refractivity (Wildman–Crippen MR) is 136 cm³/mol. The van der Waals surface area contributed by atoms with Crippen molar-refractivity contribution in [2.45, 2.75) is 31.2 Å². The van der Waals surface area contributed by atoms with Gasteiger partial charge in [0.2, 0.25) is 0 Å². The molecule has 6 nitrogen and oxygen atoms in total. The molecule has 3 aliphatic carbocycles. The number of aromatic nitrogens is 2. The van der Waals surface area contributed by atoms with Crippen molar-refractivity contribution in [3.8, 4) is 5.75 Å². The van der Waals surface area contributed by atoms with Crippen LogP contribution in [-0.4, -0.2) is 33.3 Å². The Labute approximate surface area is 208 Å². The number of carbonyl (C=O) groups excluding carboxylic acids is 1. The maximum atomic E-state index is 13.5. The van der Waals surface area contributed by atoms with Crippen molar-refractivity contribution in [3.05, 3.63) is 95.9 Å². The number of hydrogen-bond donors (Lipinski definition) is 3. The van der Waals surface area contributed by atoms with E-state index in [1.165, 1.54) is 18.2 Å². The number of carbonyl (C=O) groups is 1. The number of phenolic OH excluding ortho intramolecular Hbond substituents is 1. The number of fused-ring (bicyclic) bond motifs is 1. The highest BCUT2D eigenvalue weighted by atomic mass is 19.1. The van der Waals surface area contributed by atoms with Gasteiger partial charge in [-0.25, -0.2) is 4.39 Å². The molecular weight excluding hydrogens is 455 g/mol. The van der Waals surface area contributed by atoms with Gasteiger partial charge in [-0.3, -0.25) is 4.79 Å². The van der Waals surface area contributed by atoms with Crippen LogP contribution in [0.5, 0.6) is 5.75 Å². The number of rotatable bonds is 8. The van der Waals surface area contributed by atoms with Crippen LogP contribution in [-0.2, 0) is 6.42 Å². The third-order valence-electron chi connectivity index (χ3n) is 7.94. The topological polar surface area (TPSA) is 87.1 Å². The van der Waals surface area contributed by atoms with Crippen molar-refractivity contribution in [1.29, 1.82) is 0 Å². The number of para-hydroxylation sites is 1. The second-order valence-electron chi connectivity index (χ2n) is 10.3. The highest BCUT2D eigenvalue weighted by molar-refractivity contribution is 5.96. The van der Waals surface area contributed by atoms with Gasteiger partial charge in [0.1, 0.15) is 11.6 Å². The molecule has 1 aromatic heterocycles. The number of benzene rings is 3. The quantitative estimate of drug-likeness (QED) is 0.325. The second-order valence-corrected chi connectivity index (χ2v) is 10.3. The van der Waals surface area contributed by atoms with Gasteiger partial charge in [0.05, 0.1) is 11.8 Å². The lowest BCUT2D eigenvalue weighted by Crippen LogP contribution is -2.74. The Morgan fingerprint density at radius 3 is 2.50 bits per heavy atom. The molecule has 3 fully saturated rings. The SMILES string of the molecule is O=C(NCC(Cc1ccc(F)cc1)C12CC(Nc3nncc4ccccc34)(C1)C2)c1ccccc1O. The van der Waals surface area contributed by atoms with Crippen LogP contribution in [0.2, 0.25) is 0 Å². The molecule has 1 unspecified atom stereocenters. The lowest BCUT2D eigenvalue weighted by atomic mass is 9.35. The molecule has 7 heteroatoms. The maximum Gasteiger partial charge on any atom is 0.255 e. The zero-order chi connectivity index (χ0) is 24.8. The lowest BCUT2D eigenvalue weighted by molar-refractivity contribution is -0.158. The number of hydrogen-bond acceptors (Lipinski definition) is 5. The number of phenols is 1. The van der Waals surface area contributed by atoms with E-state index in [0.717, 1.165) is 47.8 Å². The zero-order valence-corrected chi connectivity index (χ0v) is 19.7. The number of nitrogens with one attached hydrogen (secondary N) is 2. The van der Waals surface area contributed by atoms with Gasteiger partial charge in [-0.1, -0.05) is 48.5 Å². The third kappa shape index (κ3) is 3.94. The fraction of sp³-hybridized carbons (Fsp3) is 0.276. The van der Waals surface area contributed by atoms with Gasteiger partial charge in [-0.15, -0.1) is 5.10 Å². The first kappa shape index (κ1) is 22.5. The van der Waals surface area contributed by atoms with Crippen LogP contribution in [0.1, 0.15) is 35.2 Å². The molecule has 2 bridgehead atoms. The van der Waals surface area contributed by atoms with Gasteiger partial charge in [-0.2, -0.15) is 5.10 Å². The van der Waals surface area contributed by atoms with Crippen molar-refractivity contribution >= 4 is 22.5 Å². The molecule has 0 saturated heterocycles. The summed E-state index contributed by atoms with van der Waals surface area (Å²) in [5.74, 6) is 0.412. The van der Waals surface area contributed by atoms with Crippen molar-refractivity contribution in [3.63, 3.8) is 0 Å². The van der Waals surface area contributed by atoms with E-state index in [2.05, 4.69) is 26.9 Å². The first-order valence-corrected chi connectivity index (χ1v) is 12.2. The first-order chi connectivity index (χ1) is 17.5. The molecule has 1 amide bonds. The maximum absolute atomic E-state index is 13.5. The number of aromatic hydroxyl groups is 1. The fourth-order valence-corrected chi connectivity index (χ4v) is 6.19. The van der Waals surface area contributed by atoms with E-state index in [1.807, 2.05) is 30.3 Å². The molecule has 3 aliphatic rings. The number of nitrogens with zero attached hydrogens (tertiary/aromatic N) is 2. The zero-order valence-electron chi connectivity index (χ0n) is 19.7. The predicted octanol–water partition coefficient (Wildman–Crippen LogP) is 5.10. The van der Waals surface area contributed by atoms with Gasteiger partial charge in [-0.05, 0) is 66.8 Å². The summed E-state index contributed by atoms with van der Waals surface area (Å²) in [5.41, 5.74) is 1.39. The molecule has 182 valence electrons. The molecule has 0 radical (unpaired) electrons. The van der Waals surface area contributed by atoms with Crippen LogP contribution in [0.15, 0.2) is 79.0 Å². The minimum absolute atomic E-state index is 0.0123. The number of anilines is 1. The van der Waals surface area contributed by atoms with E-state index in [1.54, 1.807) is 24.4 Å². The molecule has 7 rings (SSSR count).